The van der Waals surface area contributed by atoms with E-state index in [0.717, 1.165) is 0 Å². The molecule has 1 saturated heterocycles. The molecule has 0 amide bonds. The largest absolute Gasteiger partial charge is 0.490 e. The van der Waals surface area contributed by atoms with Gasteiger partial charge in [-0.05, 0) is 31.2 Å². The Kier molecular flexibility index (Phi) is 4.19. The molecule has 3 aromatic rings. The molecule has 0 atom stereocenters. The molecule has 0 saturated carbocycles. The molecule has 1 fully saturated rings. The van der Waals surface area contributed by atoms with E-state index in [9.17, 15) is 4.79 Å². The highest BCUT2D eigenvalue weighted by molar-refractivity contribution is 5.48. The zero-order chi connectivity index (χ0) is 26.6. The molecular weight excluding hydrogens is 412 g/mol. The van der Waals surface area contributed by atoms with E-state index in [4.69, 9.17) is 25.8 Å². The zero-order valence-electron chi connectivity index (χ0n) is 22.8. The first-order valence-electron chi connectivity index (χ1n) is 12.8. The molecule has 9 nitrogen and oxygen atoms in total. The van der Waals surface area contributed by atoms with Gasteiger partial charge in [0.1, 0.15) is 30.8 Å². The Morgan fingerprint density at radius 2 is 1.97 bits per heavy atom. The molecule has 2 aliphatic heterocycles. The third-order valence-electron chi connectivity index (χ3n) is 5.46. The van der Waals surface area contributed by atoms with E-state index in [2.05, 4.69) is 10.1 Å². The normalized spacial score (nSPS) is 22.8. The number of rotatable bonds is 5. The second-order valence-electron chi connectivity index (χ2n) is 7.53. The molecule has 0 N–H and O–H groups in total. The van der Waals surface area contributed by atoms with Crippen LogP contribution in [0.25, 0.3) is 5.65 Å². The van der Waals surface area contributed by atoms with Crippen LogP contribution in [0.15, 0.2) is 35.1 Å². The van der Waals surface area contributed by atoms with E-state index < -0.39 is 19.2 Å². The molecule has 0 unspecified atom stereocenters. The molecule has 4 heterocycles. The summed E-state index contributed by atoms with van der Waals surface area (Å²) in [7, 11) is 1.55. The Morgan fingerprint density at radius 1 is 1.19 bits per heavy atom. The lowest BCUT2D eigenvalue weighted by molar-refractivity contribution is 0.159. The van der Waals surface area contributed by atoms with Gasteiger partial charge in [0.05, 0.1) is 19.2 Å². The maximum Gasteiger partial charge on any atom is 0.277 e. The van der Waals surface area contributed by atoms with Gasteiger partial charge in [0, 0.05) is 44.7 Å². The molecular formula is C23H26N4O5. The molecule has 0 bridgehead atoms. The van der Waals surface area contributed by atoms with E-state index in [1.807, 2.05) is 4.90 Å². The van der Waals surface area contributed by atoms with Gasteiger partial charge in [0.2, 0.25) is 0 Å². The van der Waals surface area contributed by atoms with Crippen LogP contribution in [-0.2, 0) is 11.3 Å². The molecule has 0 spiro atoms. The van der Waals surface area contributed by atoms with Crippen LogP contribution < -0.4 is 24.7 Å². The first-order valence-corrected chi connectivity index (χ1v) is 10.3. The lowest BCUT2D eigenvalue weighted by atomic mass is 10.1. The Morgan fingerprint density at radius 3 is 2.75 bits per heavy atom. The first-order chi connectivity index (χ1) is 17.4. The van der Waals surface area contributed by atoms with Crippen molar-refractivity contribution in [1.29, 1.82) is 0 Å². The average molecular weight is 444 g/mol. The zero-order valence-corrected chi connectivity index (χ0v) is 17.8. The number of aromatic nitrogens is 3. The molecule has 32 heavy (non-hydrogen) atoms. The summed E-state index contributed by atoms with van der Waals surface area (Å²) in [4.78, 5) is 19.3. The van der Waals surface area contributed by atoms with Crippen LogP contribution in [0, 0.1) is 6.92 Å². The first kappa shape index (κ1) is 15.5. The fourth-order valence-corrected chi connectivity index (χ4v) is 3.71. The van der Waals surface area contributed by atoms with Gasteiger partial charge in [0.15, 0.2) is 17.1 Å². The number of benzene rings is 1. The second-order valence-corrected chi connectivity index (χ2v) is 7.53. The highest BCUT2D eigenvalue weighted by atomic mass is 16.6. The third kappa shape index (κ3) is 3.95. The van der Waals surface area contributed by atoms with Gasteiger partial charge in [0.25, 0.3) is 5.56 Å². The summed E-state index contributed by atoms with van der Waals surface area (Å²) in [6, 6.07) is 7.89. The SMILES string of the molecule is [2H]C1(Oc2ccc3c(c2)OC([2H])([2H])C([2H])([2H])O3)CCN(c2ccc3nc(COC)c(C)c(=O)n3n2)CC1. The van der Waals surface area contributed by atoms with E-state index in [1.54, 1.807) is 26.2 Å². The maximum absolute atomic E-state index is 12.8. The van der Waals surface area contributed by atoms with Gasteiger partial charge in [-0.3, -0.25) is 4.79 Å². The molecule has 0 radical (unpaired) electrons. The number of anilines is 1. The van der Waals surface area contributed by atoms with Crippen LogP contribution in [0.5, 0.6) is 17.2 Å². The Bertz CT molecular complexity index is 1410. The average Bonchev–Trinajstić information content (AvgIpc) is 2.83. The predicted molar refractivity (Wildman–Crippen MR) is 118 cm³/mol. The summed E-state index contributed by atoms with van der Waals surface area (Å²) in [6.45, 7) is -2.48. The quantitative estimate of drug-likeness (QED) is 0.594. The van der Waals surface area contributed by atoms with Crippen molar-refractivity contribution in [2.24, 2.45) is 0 Å². The van der Waals surface area contributed by atoms with E-state index in [1.165, 1.54) is 22.7 Å². The lowest BCUT2D eigenvalue weighted by Gasteiger charge is -2.33. The summed E-state index contributed by atoms with van der Waals surface area (Å²) in [5.41, 5.74) is 1.22. The molecule has 168 valence electrons. The lowest BCUT2D eigenvalue weighted by Crippen LogP contribution is -2.39. The summed E-state index contributed by atoms with van der Waals surface area (Å²) in [6.07, 6.45) is -0.582. The van der Waals surface area contributed by atoms with Gasteiger partial charge in [-0.25, -0.2) is 4.98 Å². The Balaban J connectivity index is 1.30. The van der Waals surface area contributed by atoms with Gasteiger partial charge in [-0.2, -0.15) is 4.52 Å². The number of piperidine rings is 1. The summed E-state index contributed by atoms with van der Waals surface area (Å²) in [5, 5.41) is 4.49. The number of ether oxygens (including phenoxy) is 4. The minimum Gasteiger partial charge on any atom is -0.490 e. The van der Waals surface area contributed by atoms with Crippen molar-refractivity contribution < 1.29 is 25.8 Å². The van der Waals surface area contributed by atoms with E-state index in [0.29, 0.717) is 48.7 Å². The van der Waals surface area contributed by atoms with Gasteiger partial charge < -0.3 is 23.8 Å². The molecule has 1 aromatic carbocycles. The van der Waals surface area contributed by atoms with Crippen LogP contribution >= 0.6 is 0 Å². The smallest absolute Gasteiger partial charge is 0.277 e. The Labute approximate surface area is 192 Å². The highest BCUT2D eigenvalue weighted by Gasteiger charge is 2.23. The topological polar surface area (TPSA) is 87.4 Å². The van der Waals surface area contributed by atoms with Gasteiger partial charge in [-0.1, -0.05) is 0 Å². The minimum absolute atomic E-state index is 0.00188. The van der Waals surface area contributed by atoms with Crippen molar-refractivity contribution in [3.8, 4) is 17.2 Å². The van der Waals surface area contributed by atoms with E-state index >= 15 is 0 Å². The van der Waals surface area contributed by atoms with Gasteiger partial charge in [-0.15, -0.1) is 5.10 Å². The fourth-order valence-electron chi connectivity index (χ4n) is 3.71. The number of fused-ring (bicyclic) bond motifs is 2. The van der Waals surface area contributed by atoms with Crippen molar-refractivity contribution in [3.63, 3.8) is 0 Å². The van der Waals surface area contributed by atoms with Crippen molar-refractivity contribution >= 4 is 11.5 Å². The summed E-state index contributed by atoms with van der Waals surface area (Å²) in [5.74, 6) is 0.932. The van der Waals surface area contributed by atoms with E-state index in [-0.39, 0.29) is 29.4 Å². The van der Waals surface area contributed by atoms with Crippen molar-refractivity contribution in [1.82, 2.24) is 14.6 Å². The summed E-state index contributed by atoms with van der Waals surface area (Å²) < 4.78 is 62.3. The number of hydrogen-bond acceptors (Lipinski definition) is 8. The van der Waals surface area contributed by atoms with Crippen LogP contribution in [0.3, 0.4) is 0 Å². The molecule has 5 rings (SSSR count). The van der Waals surface area contributed by atoms with Crippen LogP contribution in [0.4, 0.5) is 5.82 Å². The van der Waals surface area contributed by atoms with Crippen LogP contribution in [0.1, 0.15) is 31.0 Å². The van der Waals surface area contributed by atoms with Crippen LogP contribution in [0.2, 0.25) is 0 Å². The molecule has 2 aromatic heterocycles. The maximum atomic E-state index is 12.8. The fraction of sp³-hybridized carbons (Fsp3) is 0.435. The summed E-state index contributed by atoms with van der Waals surface area (Å²) >= 11 is 0. The molecule has 9 heteroatoms. The Hall–Kier alpha value is -3.33. The van der Waals surface area contributed by atoms with Crippen molar-refractivity contribution in [2.75, 3.05) is 38.2 Å². The molecule has 0 aliphatic carbocycles. The monoisotopic (exact) mass is 443 g/mol. The predicted octanol–water partition coefficient (Wildman–Crippen LogP) is 2.36. The third-order valence-corrected chi connectivity index (χ3v) is 5.46. The number of nitrogens with zero attached hydrogens (tertiary/aromatic N) is 4. The second kappa shape index (κ2) is 8.66. The molecule has 2 aliphatic rings. The standard InChI is InChI=1S/C23H26N4O5/c1-15-18(14-29-2)24-21-5-6-22(25-27(21)23(15)28)26-9-7-16(8-10-26)32-17-3-4-19-20(13-17)31-12-11-30-19/h3-6,13,16H,7-12,14H2,1-2H3/i11D2,12D2,16D. The minimum atomic E-state index is -2.68. The van der Waals surface area contributed by atoms with Gasteiger partial charge >= 0.3 is 0 Å². The number of hydrogen-bond donors (Lipinski definition) is 0. The number of methoxy groups -OCH3 is 1. The highest BCUT2D eigenvalue weighted by Crippen LogP contribution is 2.34. The van der Waals surface area contributed by atoms with Crippen molar-refractivity contribution in [3.05, 3.63) is 51.9 Å². The van der Waals surface area contributed by atoms with Crippen molar-refractivity contribution in [2.45, 2.75) is 32.5 Å². The van der Waals surface area contributed by atoms with Crippen LogP contribution in [-0.4, -0.2) is 54.0 Å².